The first kappa shape index (κ1) is 34.3. The molecule has 3 aromatic carbocycles. The minimum atomic E-state index is -4.85. The Bertz CT molecular complexity index is 1840. The van der Waals surface area contributed by atoms with E-state index in [9.17, 15) is 31.5 Å². The van der Waals surface area contributed by atoms with E-state index < -0.39 is 59.1 Å². The number of aromatic nitrogens is 1. The molecule has 5 rings (SSSR count). The molecule has 0 amide bonds. The number of nitrogens with one attached hydrogen (secondary N) is 1. The smallest absolute Gasteiger partial charge is 0.416 e. The van der Waals surface area contributed by atoms with Crippen molar-refractivity contribution < 1.29 is 36.2 Å². The lowest BCUT2D eigenvalue weighted by Crippen LogP contribution is -2.36. The van der Waals surface area contributed by atoms with Gasteiger partial charge in [0.2, 0.25) is 0 Å². The van der Waals surface area contributed by atoms with E-state index in [0.717, 1.165) is 30.7 Å². The molecular formula is C35H32F6N2O3S. The number of carboxylic acid groups (broad SMARTS) is 1. The van der Waals surface area contributed by atoms with Crippen molar-refractivity contribution in [3.63, 3.8) is 0 Å². The molecule has 47 heavy (non-hydrogen) atoms. The number of carbonyl (C=O) groups is 1. The van der Waals surface area contributed by atoms with Crippen molar-refractivity contribution >= 4 is 17.7 Å². The van der Waals surface area contributed by atoms with Crippen LogP contribution in [-0.4, -0.2) is 27.9 Å². The third kappa shape index (κ3) is 7.28. The van der Waals surface area contributed by atoms with Crippen LogP contribution in [0.5, 0.6) is 0 Å². The third-order valence-electron chi connectivity index (χ3n) is 8.37. The zero-order chi connectivity index (χ0) is 34.1. The number of alkyl halides is 5. The lowest BCUT2D eigenvalue weighted by molar-refractivity contribution is -0.138. The molecule has 1 aromatic heterocycles. The van der Waals surface area contributed by atoms with Crippen LogP contribution in [0, 0.1) is 12.7 Å². The Morgan fingerprint density at radius 2 is 1.72 bits per heavy atom. The number of rotatable bonds is 11. The van der Waals surface area contributed by atoms with Crippen molar-refractivity contribution in [2.24, 2.45) is 0 Å². The van der Waals surface area contributed by atoms with E-state index in [1.807, 2.05) is 30.3 Å². The Balaban J connectivity index is 1.74. The molecule has 0 aliphatic carbocycles. The maximum absolute atomic E-state index is 15.2. The van der Waals surface area contributed by atoms with Crippen LogP contribution >= 0.6 is 11.8 Å². The van der Waals surface area contributed by atoms with E-state index in [1.54, 1.807) is 6.92 Å². The highest BCUT2D eigenvalue weighted by atomic mass is 32.2. The van der Waals surface area contributed by atoms with Crippen molar-refractivity contribution in [1.82, 2.24) is 9.88 Å². The second-order valence-electron chi connectivity index (χ2n) is 11.6. The Kier molecular flexibility index (Phi) is 9.93. The van der Waals surface area contributed by atoms with Crippen LogP contribution in [0.3, 0.4) is 0 Å². The molecule has 0 saturated heterocycles. The number of hydrogen-bond acceptors (Lipinski definition) is 4. The molecule has 2 atom stereocenters. The lowest BCUT2D eigenvalue weighted by atomic mass is 9.91. The summed E-state index contributed by atoms with van der Waals surface area (Å²) in [6.07, 6.45) is -5.13. The van der Waals surface area contributed by atoms with Gasteiger partial charge in [-0.2, -0.15) is 13.2 Å². The fourth-order valence-electron chi connectivity index (χ4n) is 6.08. The Hall–Kier alpha value is -4.03. The molecule has 0 radical (unpaired) electrons. The summed E-state index contributed by atoms with van der Waals surface area (Å²) in [4.78, 5) is 25.7. The maximum Gasteiger partial charge on any atom is 0.416 e. The zero-order valence-corrected chi connectivity index (χ0v) is 26.3. The number of benzene rings is 3. The van der Waals surface area contributed by atoms with Crippen molar-refractivity contribution in [2.75, 3.05) is 12.3 Å². The first-order valence-electron chi connectivity index (χ1n) is 14.9. The van der Waals surface area contributed by atoms with E-state index >= 15 is 4.39 Å². The number of fused-ring (bicyclic) bond motifs is 1. The van der Waals surface area contributed by atoms with E-state index in [0.29, 0.717) is 23.7 Å². The Labute approximate surface area is 271 Å². The summed E-state index contributed by atoms with van der Waals surface area (Å²) in [5.74, 6) is -4.93. The molecule has 12 heteroatoms. The Morgan fingerprint density at radius 1 is 1.02 bits per heavy atom. The van der Waals surface area contributed by atoms with Gasteiger partial charge in [0.15, 0.2) is 0 Å². The summed E-state index contributed by atoms with van der Waals surface area (Å²) in [6.45, 7) is 2.56. The molecule has 1 aliphatic heterocycles. The van der Waals surface area contributed by atoms with E-state index in [2.05, 4.69) is 5.32 Å². The van der Waals surface area contributed by atoms with Gasteiger partial charge in [-0.05, 0) is 60.3 Å². The average molecular weight is 675 g/mol. The predicted molar refractivity (Wildman–Crippen MR) is 168 cm³/mol. The highest BCUT2D eigenvalue weighted by Crippen LogP contribution is 2.45. The van der Waals surface area contributed by atoms with Gasteiger partial charge in [-0.1, -0.05) is 54.6 Å². The first-order chi connectivity index (χ1) is 22.2. The van der Waals surface area contributed by atoms with Crippen LogP contribution in [0.4, 0.5) is 26.3 Å². The van der Waals surface area contributed by atoms with Crippen LogP contribution < -0.4 is 10.9 Å². The molecule has 4 aromatic rings. The van der Waals surface area contributed by atoms with Gasteiger partial charge in [-0.25, -0.2) is 13.2 Å². The fraction of sp³-hybridized carbons (Fsp3) is 0.314. The quantitative estimate of drug-likeness (QED) is 0.123. The molecule has 2 heterocycles. The van der Waals surface area contributed by atoms with Crippen molar-refractivity contribution in [2.45, 2.75) is 62.3 Å². The molecule has 0 fully saturated rings. The number of pyridine rings is 1. The van der Waals surface area contributed by atoms with Crippen molar-refractivity contribution in [3.8, 4) is 11.1 Å². The Morgan fingerprint density at radius 3 is 2.38 bits per heavy atom. The zero-order valence-electron chi connectivity index (χ0n) is 25.5. The van der Waals surface area contributed by atoms with Crippen LogP contribution in [0.15, 0.2) is 82.6 Å². The molecule has 248 valence electrons. The molecule has 5 nitrogen and oxygen atoms in total. The van der Waals surface area contributed by atoms with Crippen LogP contribution in [0.1, 0.15) is 65.2 Å². The average Bonchev–Trinajstić information content (AvgIpc) is 3.44. The van der Waals surface area contributed by atoms with Gasteiger partial charge < -0.3 is 10.4 Å². The second-order valence-corrected chi connectivity index (χ2v) is 12.6. The molecule has 0 bridgehead atoms. The topological polar surface area (TPSA) is 71.3 Å². The van der Waals surface area contributed by atoms with Crippen LogP contribution in [0.2, 0.25) is 0 Å². The summed E-state index contributed by atoms with van der Waals surface area (Å²) in [6, 6.07) is 16.1. The largest absolute Gasteiger partial charge is 0.481 e. The SMILES string of the molecule is Cc1c(Cc2c(F)cccc2C(F)(F)F)c2n(c(=O)c1-c1cccc(C(C)(F)F)c1)[C@@H](C(NCCCC(=O)O)c1ccccc1)CS2. The van der Waals surface area contributed by atoms with E-state index in [1.165, 1.54) is 40.6 Å². The second kappa shape index (κ2) is 13.6. The maximum atomic E-state index is 15.2. The molecular weight excluding hydrogens is 642 g/mol. The number of hydrogen-bond donors (Lipinski definition) is 2. The van der Waals surface area contributed by atoms with Crippen LogP contribution in [-0.2, 0) is 23.3 Å². The number of halogens is 6. The van der Waals surface area contributed by atoms with Gasteiger partial charge in [0.25, 0.3) is 11.5 Å². The highest BCUT2D eigenvalue weighted by Gasteiger charge is 2.38. The van der Waals surface area contributed by atoms with Gasteiger partial charge in [0.05, 0.1) is 28.2 Å². The highest BCUT2D eigenvalue weighted by molar-refractivity contribution is 7.99. The summed E-state index contributed by atoms with van der Waals surface area (Å²) in [7, 11) is 0. The molecule has 0 saturated carbocycles. The lowest BCUT2D eigenvalue weighted by Gasteiger charge is -2.28. The minimum Gasteiger partial charge on any atom is -0.481 e. The normalized spacial score (nSPS) is 15.4. The third-order valence-corrected chi connectivity index (χ3v) is 9.60. The molecule has 1 aliphatic rings. The minimum absolute atomic E-state index is 0.0323. The van der Waals surface area contributed by atoms with Gasteiger partial charge in [-0.15, -0.1) is 11.8 Å². The van der Waals surface area contributed by atoms with Gasteiger partial charge >= 0.3 is 12.1 Å². The van der Waals surface area contributed by atoms with E-state index in [4.69, 9.17) is 5.11 Å². The molecule has 2 N–H and O–H groups in total. The first-order valence-corrected chi connectivity index (χ1v) is 15.9. The summed E-state index contributed by atoms with van der Waals surface area (Å²) < 4.78 is 87.7. The molecule has 0 spiro atoms. The van der Waals surface area contributed by atoms with Crippen LogP contribution in [0.25, 0.3) is 11.1 Å². The van der Waals surface area contributed by atoms with Crippen molar-refractivity contribution in [1.29, 1.82) is 0 Å². The fourth-order valence-corrected chi connectivity index (χ4v) is 7.51. The van der Waals surface area contributed by atoms with Gasteiger partial charge in [0, 0.05) is 36.6 Å². The summed E-state index contributed by atoms with van der Waals surface area (Å²) in [5, 5.41) is 12.9. The number of aliphatic carboxylic acids is 1. The predicted octanol–water partition coefficient (Wildman–Crippen LogP) is 8.53. The van der Waals surface area contributed by atoms with Gasteiger partial charge in [0.1, 0.15) is 5.82 Å². The van der Waals surface area contributed by atoms with E-state index in [-0.39, 0.29) is 34.2 Å². The standard InChI is InChI=1S/C35H32F6N2O3S/c1-20-24(18-25-26(35(39,40)41)13-7-14-27(25)36)33-43(32(46)30(20)22-11-6-12-23(17-22)34(2,37)38)28(19-47-33)31(21-9-4-3-5-10-21)42-16-8-15-29(44)45/h3-7,9-14,17,28,31,42H,8,15-16,18-19H2,1-2H3,(H,44,45)/t28-,31?/m1/s1. The van der Waals surface area contributed by atoms with Crippen molar-refractivity contribution in [3.05, 3.63) is 122 Å². The number of carboxylic acids is 1. The monoisotopic (exact) mass is 674 g/mol. The summed E-state index contributed by atoms with van der Waals surface area (Å²) in [5.41, 5.74) is -1.05. The number of thioether (sulfide) groups is 1. The molecule has 1 unspecified atom stereocenters. The summed E-state index contributed by atoms with van der Waals surface area (Å²) >= 11 is 1.25. The van der Waals surface area contributed by atoms with Gasteiger partial charge in [-0.3, -0.25) is 14.2 Å². The number of nitrogens with zero attached hydrogens (tertiary/aromatic N) is 1.